The first kappa shape index (κ1) is 25.6. The lowest BCUT2D eigenvalue weighted by atomic mass is 9.94. The average molecular weight is 488 g/mol. The van der Waals surface area contributed by atoms with Crippen molar-refractivity contribution in [1.29, 1.82) is 0 Å². The number of piperazine rings is 1. The molecule has 10 nitrogen and oxygen atoms in total. The summed E-state index contributed by atoms with van der Waals surface area (Å²) in [6.45, 7) is 13.2. The molecular formula is C25H41N7O3. The molecule has 2 aliphatic heterocycles. The van der Waals surface area contributed by atoms with Gasteiger partial charge < -0.3 is 20.4 Å². The van der Waals surface area contributed by atoms with E-state index in [0.717, 1.165) is 71.4 Å². The Balaban J connectivity index is 1.40. The van der Waals surface area contributed by atoms with Crippen LogP contribution < -0.4 is 10.6 Å². The van der Waals surface area contributed by atoms with Gasteiger partial charge in [-0.3, -0.25) is 24.0 Å². The van der Waals surface area contributed by atoms with E-state index in [0.29, 0.717) is 18.8 Å². The van der Waals surface area contributed by atoms with Crippen LogP contribution in [-0.2, 0) is 11.3 Å². The number of hydrogen-bond acceptors (Lipinski definition) is 6. The van der Waals surface area contributed by atoms with E-state index in [-0.39, 0.29) is 36.0 Å². The summed E-state index contributed by atoms with van der Waals surface area (Å²) in [5, 5.41) is 10.6. The number of carbonyl (C=O) groups excluding carboxylic acids is 3. The summed E-state index contributed by atoms with van der Waals surface area (Å²) in [5.74, 6) is -0.671. The lowest BCUT2D eigenvalue weighted by Gasteiger charge is -2.43. The minimum Gasteiger partial charge on any atom is -0.351 e. The van der Waals surface area contributed by atoms with Crippen molar-refractivity contribution < 1.29 is 14.4 Å². The molecule has 1 aliphatic carbocycles. The highest BCUT2D eigenvalue weighted by Gasteiger charge is 2.48. The predicted molar refractivity (Wildman–Crippen MR) is 133 cm³/mol. The average Bonchev–Trinajstić information content (AvgIpc) is 3.52. The van der Waals surface area contributed by atoms with Gasteiger partial charge in [0, 0.05) is 57.9 Å². The highest BCUT2D eigenvalue weighted by atomic mass is 16.2. The van der Waals surface area contributed by atoms with Crippen LogP contribution in [0.3, 0.4) is 0 Å². The quantitative estimate of drug-likeness (QED) is 0.537. The predicted octanol–water partition coefficient (Wildman–Crippen LogP) is 0.934. The van der Waals surface area contributed by atoms with Gasteiger partial charge in [0.2, 0.25) is 5.91 Å². The maximum atomic E-state index is 13.4. The van der Waals surface area contributed by atoms with Crippen molar-refractivity contribution in [3.05, 3.63) is 17.5 Å². The van der Waals surface area contributed by atoms with E-state index < -0.39 is 5.54 Å². The van der Waals surface area contributed by atoms with E-state index in [1.165, 1.54) is 0 Å². The van der Waals surface area contributed by atoms with E-state index >= 15 is 0 Å². The van der Waals surface area contributed by atoms with Crippen molar-refractivity contribution in [2.45, 2.75) is 71.0 Å². The summed E-state index contributed by atoms with van der Waals surface area (Å²) in [7, 11) is 0. The van der Waals surface area contributed by atoms with Crippen LogP contribution in [0, 0.1) is 0 Å². The van der Waals surface area contributed by atoms with Gasteiger partial charge in [-0.1, -0.05) is 26.7 Å². The van der Waals surface area contributed by atoms with E-state index in [2.05, 4.69) is 32.5 Å². The van der Waals surface area contributed by atoms with Gasteiger partial charge in [0.05, 0.1) is 6.54 Å². The third-order valence-electron chi connectivity index (χ3n) is 7.78. The molecule has 3 aliphatic rings. The minimum absolute atomic E-state index is 0.137. The second-order valence-corrected chi connectivity index (χ2v) is 10.3. The Labute approximate surface area is 208 Å². The van der Waals surface area contributed by atoms with Crippen LogP contribution >= 0.6 is 0 Å². The molecule has 1 saturated carbocycles. The van der Waals surface area contributed by atoms with Gasteiger partial charge >= 0.3 is 0 Å². The Kier molecular flexibility index (Phi) is 8.11. The second-order valence-electron chi connectivity index (χ2n) is 10.3. The van der Waals surface area contributed by atoms with Crippen LogP contribution in [0.2, 0.25) is 0 Å². The third kappa shape index (κ3) is 5.53. The molecule has 0 bridgehead atoms. The Morgan fingerprint density at radius 2 is 1.77 bits per heavy atom. The number of nitrogens with zero attached hydrogens (tertiary/aromatic N) is 5. The number of aromatic nitrogens is 2. The van der Waals surface area contributed by atoms with Gasteiger partial charge in [0.1, 0.15) is 11.2 Å². The normalized spacial score (nSPS) is 24.0. The molecule has 2 fully saturated rings. The van der Waals surface area contributed by atoms with E-state index in [9.17, 15) is 14.4 Å². The fourth-order valence-electron chi connectivity index (χ4n) is 5.48. The van der Waals surface area contributed by atoms with Gasteiger partial charge in [-0.25, -0.2) is 0 Å². The van der Waals surface area contributed by atoms with Crippen LogP contribution in [0.1, 0.15) is 73.9 Å². The summed E-state index contributed by atoms with van der Waals surface area (Å²) in [6.07, 6.45) is 4.95. The molecule has 1 atom stereocenters. The smallest absolute Gasteiger partial charge is 0.273 e. The Hall–Kier alpha value is -2.46. The molecule has 3 amide bonds. The number of rotatable bonds is 9. The fraction of sp³-hybridized carbons (Fsp3) is 0.760. The van der Waals surface area contributed by atoms with Crippen molar-refractivity contribution >= 4 is 17.7 Å². The maximum Gasteiger partial charge on any atom is 0.273 e. The summed E-state index contributed by atoms with van der Waals surface area (Å²) in [4.78, 5) is 46.0. The fourth-order valence-corrected chi connectivity index (χ4v) is 5.48. The summed E-state index contributed by atoms with van der Waals surface area (Å²) in [6, 6.07) is 1.73. The van der Waals surface area contributed by atoms with Crippen LogP contribution in [-0.4, -0.2) is 106 Å². The number of likely N-dealkylation sites (N-methyl/N-ethyl adjacent to an activating group) is 1. The van der Waals surface area contributed by atoms with E-state index in [1.807, 2.05) is 13.8 Å². The van der Waals surface area contributed by atoms with Gasteiger partial charge in [-0.2, -0.15) is 5.10 Å². The van der Waals surface area contributed by atoms with Gasteiger partial charge in [0.25, 0.3) is 11.8 Å². The van der Waals surface area contributed by atoms with Gasteiger partial charge in [-0.05, 0) is 32.7 Å². The Morgan fingerprint density at radius 1 is 1.09 bits per heavy atom. The zero-order valence-corrected chi connectivity index (χ0v) is 21.5. The molecule has 1 aromatic rings. The van der Waals surface area contributed by atoms with Gasteiger partial charge in [-0.15, -0.1) is 0 Å². The van der Waals surface area contributed by atoms with Crippen molar-refractivity contribution in [3.63, 3.8) is 0 Å². The maximum absolute atomic E-state index is 13.4. The minimum atomic E-state index is -1.04. The lowest BCUT2D eigenvalue weighted by Crippen LogP contribution is -2.65. The summed E-state index contributed by atoms with van der Waals surface area (Å²) in [5.41, 5.74) is -0.449. The zero-order chi connectivity index (χ0) is 25.0. The number of amides is 3. The van der Waals surface area contributed by atoms with E-state index in [4.69, 9.17) is 0 Å². The monoisotopic (exact) mass is 487 g/mol. The number of nitrogens with one attached hydrogen (secondary N) is 2. The van der Waals surface area contributed by atoms with Crippen molar-refractivity contribution in [3.8, 4) is 0 Å². The number of hydrogen-bond donors (Lipinski definition) is 2. The Morgan fingerprint density at radius 3 is 2.43 bits per heavy atom. The number of fused-ring (bicyclic) bond motifs is 1. The zero-order valence-electron chi connectivity index (χ0n) is 21.5. The largest absolute Gasteiger partial charge is 0.351 e. The SMILES string of the molecule is CCCN1C(=O)c2cc(C(=O)NCCN3CCN(CC)CC3)nn2C[C@]1(C)C(=O)NC1CCCC1. The highest BCUT2D eigenvalue weighted by molar-refractivity contribution is 6.01. The third-order valence-corrected chi connectivity index (χ3v) is 7.78. The molecule has 10 heteroatoms. The number of carbonyl (C=O) groups is 3. The van der Waals surface area contributed by atoms with Crippen molar-refractivity contribution in [2.24, 2.45) is 0 Å². The van der Waals surface area contributed by atoms with Crippen molar-refractivity contribution in [2.75, 3.05) is 52.4 Å². The molecule has 0 aromatic carbocycles. The molecule has 1 saturated heterocycles. The summed E-state index contributed by atoms with van der Waals surface area (Å²) < 4.78 is 1.54. The van der Waals surface area contributed by atoms with Crippen LogP contribution in [0.4, 0.5) is 0 Å². The molecule has 4 rings (SSSR count). The lowest BCUT2D eigenvalue weighted by molar-refractivity contribution is -0.133. The van der Waals surface area contributed by atoms with Crippen LogP contribution in [0.5, 0.6) is 0 Å². The molecule has 0 unspecified atom stereocenters. The molecule has 194 valence electrons. The van der Waals surface area contributed by atoms with E-state index in [1.54, 1.807) is 15.6 Å². The first-order valence-electron chi connectivity index (χ1n) is 13.3. The topological polar surface area (TPSA) is 103 Å². The van der Waals surface area contributed by atoms with Crippen LogP contribution in [0.25, 0.3) is 0 Å². The summed E-state index contributed by atoms with van der Waals surface area (Å²) >= 11 is 0. The molecule has 0 spiro atoms. The molecule has 1 aromatic heterocycles. The standard InChI is InChI=1S/C25H41N7O3/c1-4-11-31-23(34)21-17-20(22(33)26-10-12-30-15-13-29(5-2)14-16-30)28-32(21)18-25(31,3)24(35)27-19-8-6-7-9-19/h17,19H,4-16,18H2,1-3H3,(H,26,33)(H,27,35)/t25-/m1/s1. The first-order valence-corrected chi connectivity index (χ1v) is 13.3. The molecule has 35 heavy (non-hydrogen) atoms. The highest BCUT2D eigenvalue weighted by Crippen LogP contribution is 2.29. The molecular weight excluding hydrogens is 446 g/mol. The molecule has 2 N–H and O–H groups in total. The van der Waals surface area contributed by atoms with Crippen molar-refractivity contribution in [1.82, 2.24) is 35.1 Å². The molecule has 3 heterocycles. The van der Waals surface area contributed by atoms with Gasteiger partial charge in [0.15, 0.2) is 5.69 Å². The van der Waals surface area contributed by atoms with Crippen LogP contribution in [0.15, 0.2) is 6.07 Å². The molecule has 0 radical (unpaired) electrons. The Bertz CT molecular complexity index is 918. The second kappa shape index (κ2) is 11.1. The first-order chi connectivity index (χ1) is 16.9.